The van der Waals surface area contributed by atoms with Crippen molar-refractivity contribution in [3.8, 4) is 0 Å². The number of nitrogens with two attached hydrogens (primary N) is 1. The summed E-state index contributed by atoms with van der Waals surface area (Å²) in [5, 5.41) is 0. The zero-order valence-corrected chi connectivity index (χ0v) is 12.6. The van der Waals surface area contributed by atoms with Gasteiger partial charge in [0, 0.05) is 23.3 Å². The first kappa shape index (κ1) is 14.3. The largest absolute Gasteiger partial charge is 0.336 e. The maximum atomic E-state index is 12.7. The van der Waals surface area contributed by atoms with Crippen LogP contribution in [0.25, 0.3) is 0 Å². The lowest BCUT2D eigenvalue weighted by atomic mass is 9.99. The lowest BCUT2D eigenvalue weighted by molar-refractivity contribution is 0.0608. The maximum Gasteiger partial charge on any atom is 0.257 e. The number of hydrogen-bond donors (Lipinski definition) is 2. The molecule has 0 aliphatic carbocycles. The van der Waals surface area contributed by atoms with E-state index in [-0.39, 0.29) is 5.91 Å². The number of nitrogens with zero attached hydrogens (tertiary/aromatic N) is 2. The van der Waals surface area contributed by atoms with Gasteiger partial charge in [-0.25, -0.2) is 10.8 Å². The third-order valence-corrected chi connectivity index (χ3v) is 4.01. The minimum Gasteiger partial charge on any atom is -0.336 e. The molecule has 1 aliphatic rings. The zero-order valence-electron chi connectivity index (χ0n) is 11.0. The minimum absolute atomic E-state index is 0.00769. The van der Waals surface area contributed by atoms with Crippen LogP contribution in [0.1, 0.15) is 43.0 Å². The quantitative estimate of drug-likeness (QED) is 0.661. The van der Waals surface area contributed by atoms with E-state index in [4.69, 9.17) is 5.84 Å². The number of piperidine rings is 1. The fourth-order valence-corrected chi connectivity index (χ4v) is 2.90. The molecule has 6 heteroatoms. The van der Waals surface area contributed by atoms with Gasteiger partial charge in [0.15, 0.2) is 5.82 Å². The van der Waals surface area contributed by atoms with E-state index in [2.05, 4.69) is 33.3 Å². The van der Waals surface area contributed by atoms with Gasteiger partial charge in [0.2, 0.25) is 0 Å². The number of likely N-dealkylation sites (tertiary alicyclic amines) is 1. The van der Waals surface area contributed by atoms with E-state index in [0.29, 0.717) is 17.4 Å². The summed E-state index contributed by atoms with van der Waals surface area (Å²) >= 11 is 3.35. The third kappa shape index (κ3) is 3.06. The molecule has 0 bridgehead atoms. The highest BCUT2D eigenvalue weighted by Gasteiger charge is 2.28. The number of carbonyl (C=O) groups excluding carboxylic acids is 1. The smallest absolute Gasteiger partial charge is 0.257 e. The number of rotatable bonds is 3. The van der Waals surface area contributed by atoms with Crippen LogP contribution in [0.4, 0.5) is 5.82 Å². The molecule has 1 unspecified atom stereocenters. The van der Waals surface area contributed by atoms with Crippen LogP contribution in [0.2, 0.25) is 0 Å². The molecule has 1 fully saturated rings. The third-order valence-electron chi connectivity index (χ3n) is 3.58. The fraction of sp³-hybridized carbons (Fsp3) is 0.538. The molecule has 104 valence electrons. The van der Waals surface area contributed by atoms with Gasteiger partial charge in [-0.15, -0.1) is 0 Å². The van der Waals surface area contributed by atoms with Gasteiger partial charge in [-0.1, -0.05) is 6.92 Å². The van der Waals surface area contributed by atoms with E-state index in [0.717, 1.165) is 30.3 Å². The fourth-order valence-electron chi connectivity index (χ4n) is 2.56. The second-order valence-corrected chi connectivity index (χ2v) is 5.67. The minimum atomic E-state index is 0.00769. The maximum absolute atomic E-state index is 12.7. The number of nitrogen functional groups attached to an aromatic ring is 1. The van der Waals surface area contributed by atoms with Crippen LogP contribution >= 0.6 is 15.9 Å². The molecule has 2 heterocycles. The molecule has 3 N–H and O–H groups in total. The SMILES string of the molecule is CCC1CCCCN1C(=O)c1cc(Br)cnc1NN. The van der Waals surface area contributed by atoms with Crippen molar-refractivity contribution < 1.29 is 4.79 Å². The molecule has 1 amide bonds. The summed E-state index contributed by atoms with van der Waals surface area (Å²) in [6.07, 6.45) is 5.95. The summed E-state index contributed by atoms with van der Waals surface area (Å²) in [5.41, 5.74) is 3.02. The molecule has 0 saturated carbocycles. The predicted molar refractivity (Wildman–Crippen MR) is 78.7 cm³/mol. The van der Waals surface area contributed by atoms with Crippen LogP contribution < -0.4 is 11.3 Å². The van der Waals surface area contributed by atoms with E-state index in [1.807, 2.05) is 4.90 Å². The topological polar surface area (TPSA) is 71.2 Å². The molecule has 1 aromatic heterocycles. The lowest BCUT2D eigenvalue weighted by Gasteiger charge is -2.35. The lowest BCUT2D eigenvalue weighted by Crippen LogP contribution is -2.43. The van der Waals surface area contributed by atoms with E-state index in [9.17, 15) is 4.79 Å². The van der Waals surface area contributed by atoms with Crippen LogP contribution in [0, 0.1) is 0 Å². The number of nitrogens with one attached hydrogen (secondary N) is 1. The van der Waals surface area contributed by atoms with Gasteiger partial charge in [-0.3, -0.25) is 4.79 Å². The Hall–Kier alpha value is -1.14. The summed E-state index contributed by atoms with van der Waals surface area (Å²) in [4.78, 5) is 18.8. The predicted octanol–water partition coefficient (Wildman–Crippen LogP) is 2.53. The van der Waals surface area contributed by atoms with E-state index in [1.54, 1.807) is 12.3 Å². The molecule has 1 aliphatic heterocycles. The highest BCUT2D eigenvalue weighted by Crippen LogP contribution is 2.25. The van der Waals surface area contributed by atoms with Gasteiger partial charge in [-0.2, -0.15) is 0 Å². The van der Waals surface area contributed by atoms with Crippen molar-refractivity contribution in [3.05, 3.63) is 22.3 Å². The van der Waals surface area contributed by atoms with Crippen molar-refractivity contribution in [3.63, 3.8) is 0 Å². The Morgan fingerprint density at radius 3 is 3.11 bits per heavy atom. The first-order chi connectivity index (χ1) is 9.17. The molecular formula is C13H19BrN4O. The first-order valence-electron chi connectivity index (χ1n) is 6.60. The first-order valence-corrected chi connectivity index (χ1v) is 7.39. The zero-order chi connectivity index (χ0) is 13.8. The molecule has 2 rings (SSSR count). The number of halogens is 1. The summed E-state index contributed by atoms with van der Waals surface area (Å²) in [6.45, 7) is 2.94. The van der Waals surface area contributed by atoms with Crippen LogP contribution in [-0.2, 0) is 0 Å². The molecule has 1 aromatic rings. The Morgan fingerprint density at radius 1 is 1.63 bits per heavy atom. The Morgan fingerprint density at radius 2 is 2.42 bits per heavy atom. The molecule has 1 saturated heterocycles. The van der Waals surface area contributed by atoms with Gasteiger partial charge in [0.25, 0.3) is 5.91 Å². The molecule has 0 aromatic carbocycles. The van der Waals surface area contributed by atoms with E-state index < -0.39 is 0 Å². The Balaban J connectivity index is 2.29. The average Bonchev–Trinajstić information content (AvgIpc) is 2.46. The summed E-state index contributed by atoms with van der Waals surface area (Å²) < 4.78 is 0.778. The van der Waals surface area contributed by atoms with Crippen molar-refractivity contribution in [1.29, 1.82) is 0 Å². The molecule has 0 spiro atoms. The molecule has 5 nitrogen and oxygen atoms in total. The number of amides is 1. The van der Waals surface area contributed by atoms with Crippen LogP contribution in [0.3, 0.4) is 0 Å². The van der Waals surface area contributed by atoms with Gasteiger partial charge in [-0.05, 0) is 47.7 Å². The Kier molecular flexibility index (Phi) is 4.76. The van der Waals surface area contributed by atoms with Crippen LogP contribution in [0.15, 0.2) is 16.7 Å². The van der Waals surface area contributed by atoms with Crippen molar-refractivity contribution in [2.24, 2.45) is 5.84 Å². The van der Waals surface area contributed by atoms with Crippen molar-refractivity contribution in [2.45, 2.75) is 38.6 Å². The highest BCUT2D eigenvalue weighted by atomic mass is 79.9. The Bertz CT molecular complexity index is 466. The van der Waals surface area contributed by atoms with E-state index in [1.165, 1.54) is 6.42 Å². The van der Waals surface area contributed by atoms with E-state index >= 15 is 0 Å². The number of anilines is 1. The van der Waals surface area contributed by atoms with Crippen molar-refractivity contribution in [2.75, 3.05) is 12.0 Å². The number of hydrazine groups is 1. The summed E-state index contributed by atoms with van der Waals surface area (Å²) in [6, 6.07) is 2.09. The molecular weight excluding hydrogens is 308 g/mol. The molecule has 0 radical (unpaired) electrons. The van der Waals surface area contributed by atoms with Gasteiger partial charge < -0.3 is 10.3 Å². The highest BCUT2D eigenvalue weighted by molar-refractivity contribution is 9.10. The van der Waals surface area contributed by atoms with Crippen LogP contribution in [-0.4, -0.2) is 28.4 Å². The standard InChI is InChI=1S/C13H19BrN4O/c1-2-10-5-3-4-6-18(10)13(19)11-7-9(14)8-16-12(11)17-15/h7-8,10H,2-6,15H2,1H3,(H,16,17). The van der Waals surface area contributed by atoms with Gasteiger partial charge >= 0.3 is 0 Å². The monoisotopic (exact) mass is 326 g/mol. The summed E-state index contributed by atoms with van der Waals surface area (Å²) in [7, 11) is 0. The second-order valence-electron chi connectivity index (χ2n) is 4.75. The number of pyridine rings is 1. The van der Waals surface area contributed by atoms with Gasteiger partial charge in [0.05, 0.1) is 5.56 Å². The number of hydrogen-bond acceptors (Lipinski definition) is 4. The summed E-state index contributed by atoms with van der Waals surface area (Å²) in [5.74, 6) is 5.87. The number of carbonyl (C=O) groups is 1. The number of aromatic nitrogens is 1. The van der Waals surface area contributed by atoms with Crippen molar-refractivity contribution in [1.82, 2.24) is 9.88 Å². The molecule has 1 atom stereocenters. The van der Waals surface area contributed by atoms with Crippen LogP contribution in [0.5, 0.6) is 0 Å². The average molecular weight is 327 g/mol. The Labute approximate surface area is 121 Å². The van der Waals surface area contributed by atoms with Crippen molar-refractivity contribution >= 4 is 27.7 Å². The second kappa shape index (κ2) is 6.34. The normalized spacial score (nSPS) is 19.3. The molecule has 19 heavy (non-hydrogen) atoms. The van der Waals surface area contributed by atoms with Gasteiger partial charge in [0.1, 0.15) is 0 Å².